The Balaban J connectivity index is 1.42. The van der Waals surface area contributed by atoms with E-state index in [2.05, 4.69) is 47.1 Å². The molecule has 6 nitrogen and oxygen atoms in total. The van der Waals surface area contributed by atoms with E-state index in [0.717, 1.165) is 46.8 Å². The number of pyridine rings is 1. The van der Waals surface area contributed by atoms with E-state index in [9.17, 15) is 4.79 Å². The van der Waals surface area contributed by atoms with Crippen LogP contribution in [0.2, 0.25) is 0 Å². The SMILES string of the molecule is Cc1cccc(C)c1Nc1c(C2CC2)nc2cc(C(=O)NCc3cccc(CN)c3)ccn12. The number of hydrogen-bond donors (Lipinski definition) is 3. The molecule has 1 aliphatic carbocycles. The number of amides is 1. The number of nitrogens with one attached hydrogen (secondary N) is 2. The number of carbonyl (C=O) groups is 1. The molecule has 4 aromatic rings. The zero-order chi connectivity index (χ0) is 22.9. The summed E-state index contributed by atoms with van der Waals surface area (Å²) in [5.41, 5.74) is 13.8. The summed E-state index contributed by atoms with van der Waals surface area (Å²) in [5.74, 6) is 1.36. The molecule has 2 heterocycles. The molecule has 0 saturated heterocycles. The highest BCUT2D eigenvalue weighted by Gasteiger charge is 2.30. The molecule has 1 aliphatic rings. The van der Waals surface area contributed by atoms with Gasteiger partial charge in [0, 0.05) is 36.5 Å². The third-order valence-corrected chi connectivity index (χ3v) is 6.28. The van der Waals surface area contributed by atoms with Gasteiger partial charge in [0.05, 0.1) is 5.69 Å². The molecule has 2 aromatic carbocycles. The van der Waals surface area contributed by atoms with Gasteiger partial charge in [0.2, 0.25) is 0 Å². The summed E-state index contributed by atoms with van der Waals surface area (Å²) in [7, 11) is 0. The largest absolute Gasteiger partial charge is 0.348 e. The number of aromatic nitrogens is 2. The van der Waals surface area contributed by atoms with E-state index in [-0.39, 0.29) is 5.91 Å². The molecule has 0 spiro atoms. The van der Waals surface area contributed by atoms with Crippen molar-refractivity contribution in [2.45, 2.75) is 45.7 Å². The molecule has 0 bridgehead atoms. The van der Waals surface area contributed by atoms with Crippen LogP contribution in [0.25, 0.3) is 5.65 Å². The Morgan fingerprint density at radius 1 is 1.06 bits per heavy atom. The maximum Gasteiger partial charge on any atom is 0.251 e. The maximum absolute atomic E-state index is 12.8. The van der Waals surface area contributed by atoms with Crippen molar-refractivity contribution in [2.75, 3.05) is 5.32 Å². The standard InChI is InChI=1S/C27H29N5O/c1-17-5-3-6-18(2)24(17)31-26-25(21-9-10-21)30-23-14-22(11-12-32(23)26)27(33)29-16-20-8-4-7-19(13-20)15-28/h3-8,11-14,21,31H,9-10,15-16,28H2,1-2H3,(H,29,33). The van der Waals surface area contributed by atoms with Crippen LogP contribution in [0.1, 0.15) is 57.1 Å². The van der Waals surface area contributed by atoms with Crippen LogP contribution in [-0.2, 0) is 13.1 Å². The van der Waals surface area contributed by atoms with Gasteiger partial charge in [0.15, 0.2) is 0 Å². The second kappa shape index (κ2) is 8.71. The van der Waals surface area contributed by atoms with Crippen LogP contribution >= 0.6 is 0 Å². The van der Waals surface area contributed by atoms with Crippen molar-refractivity contribution in [2.24, 2.45) is 5.73 Å². The molecule has 33 heavy (non-hydrogen) atoms. The molecule has 0 aliphatic heterocycles. The van der Waals surface area contributed by atoms with Gasteiger partial charge in [-0.3, -0.25) is 9.20 Å². The fraction of sp³-hybridized carbons (Fsp3) is 0.259. The van der Waals surface area contributed by atoms with Crippen molar-refractivity contribution < 1.29 is 4.79 Å². The van der Waals surface area contributed by atoms with Crippen LogP contribution in [0.4, 0.5) is 11.5 Å². The summed E-state index contributed by atoms with van der Waals surface area (Å²) in [5, 5.41) is 6.66. The van der Waals surface area contributed by atoms with Gasteiger partial charge in [-0.25, -0.2) is 4.98 Å². The Hall–Kier alpha value is -3.64. The normalized spacial score (nSPS) is 13.3. The van der Waals surface area contributed by atoms with Crippen molar-refractivity contribution in [1.29, 1.82) is 0 Å². The summed E-state index contributed by atoms with van der Waals surface area (Å²) in [6.45, 7) is 5.17. The van der Waals surface area contributed by atoms with Crippen molar-refractivity contribution in [3.8, 4) is 0 Å². The third-order valence-electron chi connectivity index (χ3n) is 6.28. The van der Waals surface area contributed by atoms with E-state index in [1.165, 1.54) is 11.1 Å². The number of carbonyl (C=O) groups excluding carboxylic acids is 1. The van der Waals surface area contributed by atoms with E-state index < -0.39 is 0 Å². The summed E-state index contributed by atoms with van der Waals surface area (Å²) >= 11 is 0. The van der Waals surface area contributed by atoms with Gasteiger partial charge in [-0.1, -0.05) is 42.5 Å². The first kappa shape index (κ1) is 21.2. The van der Waals surface area contributed by atoms with Gasteiger partial charge in [-0.2, -0.15) is 0 Å². The predicted molar refractivity (Wildman–Crippen MR) is 132 cm³/mol. The molecule has 1 amide bonds. The number of nitrogens with zero attached hydrogens (tertiary/aromatic N) is 2. The van der Waals surface area contributed by atoms with E-state index in [0.29, 0.717) is 24.6 Å². The van der Waals surface area contributed by atoms with Crippen LogP contribution in [0.3, 0.4) is 0 Å². The average molecular weight is 440 g/mol. The lowest BCUT2D eigenvalue weighted by Gasteiger charge is -2.14. The van der Waals surface area contributed by atoms with Gasteiger partial charge in [-0.05, 0) is 61.1 Å². The highest BCUT2D eigenvalue weighted by atomic mass is 16.1. The second-order valence-electron chi connectivity index (χ2n) is 8.86. The smallest absolute Gasteiger partial charge is 0.251 e. The number of rotatable bonds is 7. The average Bonchev–Trinajstić information content (AvgIpc) is 3.61. The highest BCUT2D eigenvalue weighted by Crippen LogP contribution is 2.44. The first-order valence-corrected chi connectivity index (χ1v) is 11.4. The zero-order valence-electron chi connectivity index (χ0n) is 19.1. The molecule has 4 N–H and O–H groups in total. The lowest BCUT2D eigenvalue weighted by molar-refractivity contribution is 0.0951. The molecule has 2 aromatic heterocycles. The number of imidazole rings is 1. The minimum absolute atomic E-state index is 0.115. The molecule has 5 rings (SSSR count). The number of para-hydroxylation sites is 1. The van der Waals surface area contributed by atoms with Crippen LogP contribution in [-0.4, -0.2) is 15.3 Å². The van der Waals surface area contributed by atoms with E-state index in [4.69, 9.17) is 10.7 Å². The van der Waals surface area contributed by atoms with Crippen LogP contribution in [0, 0.1) is 13.8 Å². The fourth-order valence-electron chi connectivity index (χ4n) is 4.25. The number of nitrogens with two attached hydrogens (primary N) is 1. The van der Waals surface area contributed by atoms with Crippen LogP contribution < -0.4 is 16.4 Å². The summed E-state index contributed by atoms with van der Waals surface area (Å²) < 4.78 is 2.06. The van der Waals surface area contributed by atoms with Crippen LogP contribution in [0.5, 0.6) is 0 Å². The molecular formula is C27H29N5O. The van der Waals surface area contributed by atoms with Gasteiger partial charge in [-0.15, -0.1) is 0 Å². The van der Waals surface area contributed by atoms with Crippen molar-refractivity contribution in [3.63, 3.8) is 0 Å². The van der Waals surface area contributed by atoms with E-state index in [1.807, 2.05) is 42.6 Å². The molecule has 6 heteroatoms. The maximum atomic E-state index is 12.8. The number of fused-ring (bicyclic) bond motifs is 1. The summed E-state index contributed by atoms with van der Waals surface area (Å²) in [6, 6.07) is 18.0. The molecule has 1 fully saturated rings. The minimum Gasteiger partial charge on any atom is -0.348 e. The Labute approximate surface area is 193 Å². The Morgan fingerprint density at radius 2 is 1.79 bits per heavy atom. The minimum atomic E-state index is -0.115. The van der Waals surface area contributed by atoms with Crippen molar-refractivity contribution in [1.82, 2.24) is 14.7 Å². The molecule has 168 valence electrons. The summed E-state index contributed by atoms with van der Waals surface area (Å²) in [6.07, 6.45) is 4.25. The first-order chi connectivity index (χ1) is 16.0. The van der Waals surface area contributed by atoms with E-state index >= 15 is 0 Å². The lowest BCUT2D eigenvalue weighted by atomic mass is 10.1. The van der Waals surface area contributed by atoms with Crippen molar-refractivity contribution >= 4 is 23.1 Å². The molecule has 0 radical (unpaired) electrons. The number of anilines is 2. The third kappa shape index (κ3) is 4.34. The molecule has 0 atom stereocenters. The number of aryl methyl sites for hydroxylation is 2. The van der Waals surface area contributed by atoms with Crippen molar-refractivity contribution in [3.05, 3.63) is 94.3 Å². The van der Waals surface area contributed by atoms with Gasteiger partial charge in [0.25, 0.3) is 5.91 Å². The Morgan fingerprint density at radius 3 is 2.52 bits per heavy atom. The number of benzene rings is 2. The number of hydrogen-bond acceptors (Lipinski definition) is 4. The molecular weight excluding hydrogens is 410 g/mol. The molecule has 0 unspecified atom stereocenters. The van der Waals surface area contributed by atoms with Gasteiger partial charge in [0.1, 0.15) is 11.5 Å². The Bertz CT molecular complexity index is 1320. The quantitative estimate of drug-likeness (QED) is 0.380. The zero-order valence-corrected chi connectivity index (χ0v) is 19.1. The summed E-state index contributed by atoms with van der Waals surface area (Å²) in [4.78, 5) is 17.8. The fourth-order valence-corrected chi connectivity index (χ4v) is 4.25. The van der Waals surface area contributed by atoms with Gasteiger partial charge >= 0.3 is 0 Å². The topological polar surface area (TPSA) is 84.5 Å². The monoisotopic (exact) mass is 439 g/mol. The second-order valence-corrected chi connectivity index (χ2v) is 8.86. The van der Waals surface area contributed by atoms with Gasteiger partial charge < -0.3 is 16.4 Å². The predicted octanol–water partition coefficient (Wildman–Crippen LogP) is 4.96. The lowest BCUT2D eigenvalue weighted by Crippen LogP contribution is -2.23. The first-order valence-electron chi connectivity index (χ1n) is 11.4. The Kier molecular flexibility index (Phi) is 5.60. The highest BCUT2D eigenvalue weighted by molar-refractivity contribution is 5.95. The van der Waals surface area contributed by atoms with E-state index in [1.54, 1.807) is 0 Å². The van der Waals surface area contributed by atoms with Crippen LogP contribution in [0.15, 0.2) is 60.8 Å². The molecule has 1 saturated carbocycles.